The number of hydrogen-bond acceptors (Lipinski definition) is 3. The molecular weight excluding hydrogens is 380 g/mol. The average Bonchev–Trinajstić information content (AvgIpc) is 3.05. The van der Waals surface area contributed by atoms with Gasteiger partial charge in [0.05, 0.1) is 11.1 Å². The van der Waals surface area contributed by atoms with E-state index < -0.39 is 35.0 Å². The Morgan fingerprint density at radius 3 is 2.07 bits per heavy atom. The van der Waals surface area contributed by atoms with Crippen molar-refractivity contribution in [2.24, 2.45) is 0 Å². The lowest BCUT2D eigenvalue weighted by Gasteiger charge is -2.14. The van der Waals surface area contributed by atoms with Gasteiger partial charge in [0.15, 0.2) is 11.5 Å². The summed E-state index contributed by atoms with van der Waals surface area (Å²) in [6.07, 6.45) is -10.0. The fourth-order valence-electron chi connectivity index (χ4n) is 2.42. The molecule has 1 aliphatic heterocycles. The van der Waals surface area contributed by atoms with Gasteiger partial charge in [-0.25, -0.2) is 0 Å². The Balaban J connectivity index is 1.81. The van der Waals surface area contributed by atoms with Gasteiger partial charge in [-0.05, 0) is 35.9 Å². The Kier molecular flexibility index (Phi) is 4.66. The standard InChI is InChI=1S/C17H11F6NO3/c18-16(19,20)11-4-10(5-12(6-11)17(21,22)23)15(25)24-7-9-1-2-13-14(3-9)27-8-26-13/h1-6H,7-8H2,(H,24,25). The molecule has 0 bridgehead atoms. The Hall–Kier alpha value is -2.91. The molecule has 27 heavy (non-hydrogen) atoms. The highest BCUT2D eigenvalue weighted by molar-refractivity contribution is 5.94. The first kappa shape index (κ1) is 18.9. The van der Waals surface area contributed by atoms with Crippen molar-refractivity contribution >= 4 is 5.91 Å². The zero-order valence-corrected chi connectivity index (χ0v) is 13.4. The molecule has 1 amide bonds. The molecule has 1 heterocycles. The van der Waals surface area contributed by atoms with Crippen molar-refractivity contribution in [3.8, 4) is 11.5 Å². The highest BCUT2D eigenvalue weighted by Gasteiger charge is 2.37. The molecule has 3 rings (SSSR count). The molecule has 0 radical (unpaired) electrons. The van der Waals surface area contributed by atoms with Gasteiger partial charge in [0.1, 0.15) is 0 Å². The van der Waals surface area contributed by atoms with E-state index in [4.69, 9.17) is 9.47 Å². The van der Waals surface area contributed by atoms with Crippen molar-refractivity contribution < 1.29 is 40.6 Å². The molecule has 0 spiro atoms. The van der Waals surface area contributed by atoms with Gasteiger partial charge in [-0.15, -0.1) is 0 Å². The predicted molar refractivity (Wildman–Crippen MR) is 80.2 cm³/mol. The zero-order chi connectivity index (χ0) is 19.8. The summed E-state index contributed by atoms with van der Waals surface area (Å²) in [6.45, 7) is -0.0807. The minimum absolute atomic E-state index is 0.0331. The molecule has 4 nitrogen and oxygen atoms in total. The van der Waals surface area contributed by atoms with Crippen LogP contribution in [0.1, 0.15) is 27.0 Å². The number of carbonyl (C=O) groups excluding carboxylic acids is 1. The van der Waals surface area contributed by atoms with Gasteiger partial charge in [-0.1, -0.05) is 6.07 Å². The predicted octanol–water partition coefficient (Wildman–Crippen LogP) is 4.38. The molecule has 0 aliphatic carbocycles. The molecule has 144 valence electrons. The molecule has 0 aromatic heterocycles. The molecule has 2 aromatic rings. The van der Waals surface area contributed by atoms with E-state index in [-0.39, 0.29) is 19.4 Å². The van der Waals surface area contributed by atoms with Gasteiger partial charge in [0.2, 0.25) is 6.79 Å². The van der Waals surface area contributed by atoms with Gasteiger partial charge in [0.25, 0.3) is 5.91 Å². The highest BCUT2D eigenvalue weighted by Crippen LogP contribution is 2.36. The molecule has 1 N–H and O–H groups in total. The Morgan fingerprint density at radius 1 is 0.889 bits per heavy atom. The summed E-state index contributed by atoms with van der Waals surface area (Å²) in [4.78, 5) is 12.1. The fraction of sp³-hybridized carbons (Fsp3) is 0.235. The van der Waals surface area contributed by atoms with Crippen LogP contribution in [0, 0.1) is 0 Å². The van der Waals surface area contributed by atoms with Gasteiger partial charge < -0.3 is 14.8 Å². The number of halogens is 6. The van der Waals surface area contributed by atoms with Gasteiger partial charge in [-0.2, -0.15) is 26.3 Å². The van der Waals surface area contributed by atoms with E-state index >= 15 is 0 Å². The van der Waals surface area contributed by atoms with E-state index in [1.807, 2.05) is 0 Å². The summed E-state index contributed by atoms with van der Waals surface area (Å²) in [5, 5.41) is 2.29. The van der Waals surface area contributed by atoms with Crippen LogP contribution in [0.3, 0.4) is 0 Å². The number of nitrogens with one attached hydrogen (secondary N) is 1. The van der Waals surface area contributed by atoms with E-state index in [9.17, 15) is 31.1 Å². The van der Waals surface area contributed by atoms with Crippen LogP contribution in [0.2, 0.25) is 0 Å². The summed E-state index contributed by atoms with van der Waals surface area (Å²) < 4.78 is 87.4. The zero-order valence-electron chi connectivity index (χ0n) is 13.4. The monoisotopic (exact) mass is 391 g/mol. The molecular formula is C17H11F6NO3. The Bertz CT molecular complexity index is 844. The summed E-state index contributed by atoms with van der Waals surface area (Å²) >= 11 is 0. The number of fused-ring (bicyclic) bond motifs is 1. The fourth-order valence-corrected chi connectivity index (χ4v) is 2.42. The van der Waals surface area contributed by atoms with E-state index in [0.717, 1.165) is 0 Å². The number of hydrogen-bond donors (Lipinski definition) is 1. The lowest BCUT2D eigenvalue weighted by Crippen LogP contribution is -2.24. The topological polar surface area (TPSA) is 47.6 Å². The van der Waals surface area contributed by atoms with E-state index in [1.54, 1.807) is 18.2 Å². The number of amides is 1. The van der Waals surface area contributed by atoms with Crippen LogP contribution in [0.4, 0.5) is 26.3 Å². The van der Waals surface area contributed by atoms with Crippen molar-refractivity contribution in [3.05, 3.63) is 58.7 Å². The average molecular weight is 391 g/mol. The summed E-state index contributed by atoms with van der Waals surface area (Å²) in [7, 11) is 0. The summed E-state index contributed by atoms with van der Waals surface area (Å²) in [5.74, 6) is -0.137. The van der Waals surface area contributed by atoms with Crippen LogP contribution < -0.4 is 14.8 Å². The van der Waals surface area contributed by atoms with E-state index in [2.05, 4.69) is 5.32 Å². The van der Waals surface area contributed by atoms with Crippen LogP contribution in [0.25, 0.3) is 0 Å². The van der Waals surface area contributed by atoms with Crippen molar-refractivity contribution in [2.75, 3.05) is 6.79 Å². The van der Waals surface area contributed by atoms with Crippen LogP contribution in [0.15, 0.2) is 36.4 Å². The summed E-state index contributed by atoms with van der Waals surface area (Å²) in [6, 6.07) is 5.44. The third-order valence-electron chi connectivity index (χ3n) is 3.74. The second kappa shape index (κ2) is 6.67. The van der Waals surface area contributed by atoms with Gasteiger partial charge in [0, 0.05) is 12.1 Å². The number of benzene rings is 2. The second-order valence-corrected chi connectivity index (χ2v) is 5.66. The number of ether oxygens (including phenoxy) is 2. The van der Waals surface area contributed by atoms with Crippen LogP contribution >= 0.6 is 0 Å². The normalized spacial score (nSPS) is 13.6. The molecule has 10 heteroatoms. The van der Waals surface area contributed by atoms with Gasteiger partial charge in [-0.3, -0.25) is 4.79 Å². The number of carbonyl (C=O) groups is 1. The molecule has 2 aromatic carbocycles. The minimum Gasteiger partial charge on any atom is -0.454 e. The quantitative estimate of drug-likeness (QED) is 0.790. The number of alkyl halides is 6. The van der Waals surface area contributed by atoms with Crippen molar-refractivity contribution in [1.29, 1.82) is 0 Å². The Labute approximate surface area is 148 Å². The maximum Gasteiger partial charge on any atom is 0.416 e. The van der Waals surface area contributed by atoms with Crippen LogP contribution in [-0.2, 0) is 18.9 Å². The lowest BCUT2D eigenvalue weighted by molar-refractivity contribution is -0.143. The Morgan fingerprint density at radius 2 is 1.48 bits per heavy atom. The maximum atomic E-state index is 12.9. The third-order valence-corrected chi connectivity index (χ3v) is 3.74. The molecule has 1 aliphatic rings. The largest absolute Gasteiger partial charge is 0.454 e. The molecule has 0 atom stereocenters. The molecule has 0 saturated carbocycles. The first-order valence-corrected chi connectivity index (χ1v) is 7.50. The lowest BCUT2D eigenvalue weighted by atomic mass is 10.0. The maximum absolute atomic E-state index is 12.9. The van der Waals surface area contributed by atoms with Crippen LogP contribution in [0.5, 0.6) is 11.5 Å². The molecule has 0 fully saturated rings. The number of rotatable bonds is 3. The first-order chi connectivity index (χ1) is 12.5. The van der Waals surface area contributed by atoms with Crippen molar-refractivity contribution in [3.63, 3.8) is 0 Å². The second-order valence-electron chi connectivity index (χ2n) is 5.66. The third kappa shape index (κ3) is 4.26. The first-order valence-electron chi connectivity index (χ1n) is 7.50. The van der Waals surface area contributed by atoms with E-state index in [1.165, 1.54) is 0 Å². The SMILES string of the molecule is O=C(NCc1ccc2c(c1)OCO2)c1cc(C(F)(F)F)cc(C(F)(F)F)c1. The molecule has 0 saturated heterocycles. The smallest absolute Gasteiger partial charge is 0.416 e. The summed E-state index contributed by atoms with van der Waals surface area (Å²) in [5.41, 5.74) is -3.30. The minimum atomic E-state index is -5.02. The molecule has 0 unspecified atom stereocenters. The van der Waals surface area contributed by atoms with Gasteiger partial charge >= 0.3 is 12.4 Å². The van der Waals surface area contributed by atoms with Crippen molar-refractivity contribution in [2.45, 2.75) is 18.9 Å². The van der Waals surface area contributed by atoms with E-state index in [0.29, 0.717) is 29.2 Å². The highest BCUT2D eigenvalue weighted by atomic mass is 19.4. The van der Waals surface area contributed by atoms with Crippen LogP contribution in [-0.4, -0.2) is 12.7 Å². The van der Waals surface area contributed by atoms with Crippen molar-refractivity contribution in [1.82, 2.24) is 5.32 Å².